The molecule has 20 heavy (non-hydrogen) atoms. The number of halogens is 1. The molecule has 2 rings (SSSR count). The largest absolute Gasteiger partial charge is 0.398 e. The monoisotopic (exact) mass is 288 g/mol. The van der Waals surface area contributed by atoms with Crippen LogP contribution in [0.1, 0.15) is 34.5 Å². The van der Waals surface area contributed by atoms with Gasteiger partial charge in [-0.2, -0.15) is 0 Å². The fourth-order valence-electron chi connectivity index (χ4n) is 2.03. The minimum Gasteiger partial charge on any atom is -0.398 e. The van der Waals surface area contributed by atoms with Gasteiger partial charge >= 0.3 is 0 Å². The molecule has 0 radical (unpaired) electrons. The van der Waals surface area contributed by atoms with E-state index in [9.17, 15) is 4.79 Å². The zero-order valence-electron chi connectivity index (χ0n) is 11.5. The summed E-state index contributed by atoms with van der Waals surface area (Å²) < 4.78 is 0. The third-order valence-electron chi connectivity index (χ3n) is 3.32. The van der Waals surface area contributed by atoms with E-state index < -0.39 is 0 Å². The van der Waals surface area contributed by atoms with Crippen LogP contribution in [0.25, 0.3) is 0 Å². The standard InChI is InChI=1S/C16H17ClN2O/c1-10-14(7-4-8-15(10)18)16(20)19-11(2)12-5-3-6-13(17)9-12/h3-9,11H,18H2,1-2H3,(H,19,20)/t11-/m1/s1. The van der Waals surface area contributed by atoms with Gasteiger partial charge in [0.2, 0.25) is 0 Å². The molecule has 1 atom stereocenters. The van der Waals surface area contributed by atoms with Crippen LogP contribution in [-0.2, 0) is 0 Å². The molecule has 0 saturated heterocycles. The molecule has 0 heterocycles. The molecule has 0 aliphatic heterocycles. The first-order chi connectivity index (χ1) is 9.49. The van der Waals surface area contributed by atoms with E-state index >= 15 is 0 Å². The summed E-state index contributed by atoms with van der Waals surface area (Å²) >= 11 is 5.96. The van der Waals surface area contributed by atoms with Crippen LogP contribution in [0.2, 0.25) is 5.02 Å². The Kier molecular flexibility index (Phi) is 4.30. The second-order valence-electron chi connectivity index (χ2n) is 4.77. The summed E-state index contributed by atoms with van der Waals surface area (Å²) in [7, 11) is 0. The third-order valence-corrected chi connectivity index (χ3v) is 3.55. The van der Waals surface area contributed by atoms with Gasteiger partial charge in [0.05, 0.1) is 6.04 Å². The quantitative estimate of drug-likeness (QED) is 0.846. The highest BCUT2D eigenvalue weighted by molar-refractivity contribution is 6.30. The second kappa shape index (κ2) is 5.97. The Morgan fingerprint density at radius 3 is 2.65 bits per heavy atom. The molecule has 1 amide bonds. The number of carbonyl (C=O) groups is 1. The lowest BCUT2D eigenvalue weighted by Crippen LogP contribution is -2.27. The van der Waals surface area contributed by atoms with Gasteiger partial charge in [0.15, 0.2) is 0 Å². The molecule has 0 saturated carbocycles. The van der Waals surface area contributed by atoms with Crippen molar-refractivity contribution in [1.82, 2.24) is 5.32 Å². The van der Waals surface area contributed by atoms with Crippen molar-refractivity contribution in [2.24, 2.45) is 0 Å². The van der Waals surface area contributed by atoms with Crippen LogP contribution < -0.4 is 11.1 Å². The first-order valence-corrected chi connectivity index (χ1v) is 6.78. The molecule has 0 bridgehead atoms. The van der Waals surface area contributed by atoms with Gasteiger partial charge in [-0.1, -0.05) is 29.8 Å². The van der Waals surface area contributed by atoms with E-state index in [2.05, 4.69) is 5.32 Å². The molecule has 0 spiro atoms. The lowest BCUT2D eigenvalue weighted by molar-refractivity contribution is 0.0939. The Bertz CT molecular complexity index is 640. The lowest BCUT2D eigenvalue weighted by atomic mass is 10.0. The summed E-state index contributed by atoms with van der Waals surface area (Å²) in [6.45, 7) is 3.76. The van der Waals surface area contributed by atoms with Crippen LogP contribution in [0.15, 0.2) is 42.5 Å². The van der Waals surface area contributed by atoms with E-state index in [0.29, 0.717) is 16.3 Å². The number of hydrogen-bond acceptors (Lipinski definition) is 2. The average molecular weight is 289 g/mol. The van der Waals surface area contributed by atoms with Gasteiger partial charge in [-0.05, 0) is 49.2 Å². The van der Waals surface area contributed by atoms with Crippen LogP contribution in [0.5, 0.6) is 0 Å². The number of nitrogens with one attached hydrogen (secondary N) is 1. The van der Waals surface area contributed by atoms with Crippen molar-refractivity contribution in [2.75, 3.05) is 5.73 Å². The maximum Gasteiger partial charge on any atom is 0.252 e. The number of rotatable bonds is 3. The summed E-state index contributed by atoms with van der Waals surface area (Å²) in [5, 5.41) is 3.61. The molecule has 2 aromatic rings. The van der Waals surface area contributed by atoms with Crippen molar-refractivity contribution in [3.63, 3.8) is 0 Å². The summed E-state index contributed by atoms with van der Waals surface area (Å²) in [5.41, 5.74) is 8.80. The SMILES string of the molecule is Cc1c(N)cccc1C(=O)N[C@H](C)c1cccc(Cl)c1. The number of amides is 1. The zero-order valence-corrected chi connectivity index (χ0v) is 12.2. The van der Waals surface area contributed by atoms with E-state index in [4.69, 9.17) is 17.3 Å². The van der Waals surface area contributed by atoms with Crippen molar-refractivity contribution < 1.29 is 4.79 Å². The van der Waals surface area contributed by atoms with Gasteiger partial charge in [-0.25, -0.2) is 0 Å². The Hall–Kier alpha value is -2.00. The van der Waals surface area contributed by atoms with Gasteiger partial charge in [0.25, 0.3) is 5.91 Å². The zero-order chi connectivity index (χ0) is 14.7. The number of hydrogen-bond donors (Lipinski definition) is 2. The topological polar surface area (TPSA) is 55.1 Å². The van der Waals surface area contributed by atoms with Gasteiger partial charge in [0, 0.05) is 16.3 Å². The third kappa shape index (κ3) is 3.11. The smallest absolute Gasteiger partial charge is 0.252 e. The number of benzene rings is 2. The number of carbonyl (C=O) groups excluding carboxylic acids is 1. The Morgan fingerprint density at radius 2 is 1.95 bits per heavy atom. The van der Waals surface area contributed by atoms with Gasteiger partial charge in [0.1, 0.15) is 0 Å². The molecular weight excluding hydrogens is 272 g/mol. The molecule has 0 aliphatic rings. The summed E-state index contributed by atoms with van der Waals surface area (Å²) in [6, 6.07) is 12.7. The first-order valence-electron chi connectivity index (χ1n) is 6.40. The second-order valence-corrected chi connectivity index (χ2v) is 5.21. The minimum absolute atomic E-state index is 0.123. The molecule has 0 aromatic heterocycles. The van der Waals surface area contributed by atoms with Gasteiger partial charge in [-0.15, -0.1) is 0 Å². The van der Waals surface area contributed by atoms with Gasteiger partial charge in [-0.3, -0.25) is 4.79 Å². The number of nitrogens with two attached hydrogens (primary N) is 1. The first kappa shape index (κ1) is 14.4. The fraction of sp³-hybridized carbons (Fsp3) is 0.188. The maximum atomic E-state index is 12.3. The number of anilines is 1. The average Bonchev–Trinajstić information content (AvgIpc) is 2.41. The van der Waals surface area contributed by atoms with Crippen molar-refractivity contribution in [3.05, 3.63) is 64.2 Å². The maximum absolute atomic E-state index is 12.3. The molecule has 0 fully saturated rings. The normalized spacial score (nSPS) is 11.9. The van der Waals surface area contributed by atoms with E-state index in [0.717, 1.165) is 11.1 Å². The fourth-order valence-corrected chi connectivity index (χ4v) is 2.23. The number of nitrogen functional groups attached to an aromatic ring is 1. The van der Waals surface area contributed by atoms with Crippen molar-refractivity contribution in [2.45, 2.75) is 19.9 Å². The molecule has 4 heteroatoms. The highest BCUT2D eigenvalue weighted by atomic mass is 35.5. The molecule has 2 aromatic carbocycles. The van der Waals surface area contributed by atoms with Crippen molar-refractivity contribution in [3.8, 4) is 0 Å². The predicted molar refractivity (Wildman–Crippen MR) is 82.9 cm³/mol. The lowest BCUT2D eigenvalue weighted by Gasteiger charge is -2.16. The van der Waals surface area contributed by atoms with Crippen LogP contribution in [0, 0.1) is 6.92 Å². The predicted octanol–water partition coefficient (Wildman–Crippen LogP) is 3.72. The van der Waals surface area contributed by atoms with Gasteiger partial charge < -0.3 is 11.1 Å². The summed E-state index contributed by atoms with van der Waals surface area (Å²) in [5.74, 6) is -0.137. The highest BCUT2D eigenvalue weighted by Crippen LogP contribution is 2.20. The van der Waals surface area contributed by atoms with Crippen molar-refractivity contribution in [1.29, 1.82) is 0 Å². The Labute approximate surface area is 123 Å². The van der Waals surface area contributed by atoms with Crippen LogP contribution >= 0.6 is 11.6 Å². The van der Waals surface area contributed by atoms with E-state index in [1.165, 1.54) is 0 Å². The van der Waals surface area contributed by atoms with E-state index in [1.54, 1.807) is 18.2 Å². The molecule has 104 valence electrons. The minimum atomic E-state index is -0.137. The van der Waals surface area contributed by atoms with Crippen LogP contribution in [0.3, 0.4) is 0 Å². The van der Waals surface area contributed by atoms with E-state index in [1.807, 2.05) is 38.1 Å². The Balaban J connectivity index is 2.17. The molecule has 0 unspecified atom stereocenters. The molecule has 3 N–H and O–H groups in total. The summed E-state index contributed by atoms with van der Waals surface area (Å²) in [4.78, 5) is 12.3. The molecular formula is C16H17ClN2O. The van der Waals surface area contributed by atoms with Crippen molar-refractivity contribution >= 4 is 23.2 Å². The molecule has 3 nitrogen and oxygen atoms in total. The summed E-state index contributed by atoms with van der Waals surface area (Å²) in [6.07, 6.45) is 0. The van der Waals surface area contributed by atoms with E-state index in [-0.39, 0.29) is 11.9 Å². The Morgan fingerprint density at radius 1 is 1.25 bits per heavy atom. The highest BCUT2D eigenvalue weighted by Gasteiger charge is 2.14. The van der Waals surface area contributed by atoms with Crippen LogP contribution in [-0.4, -0.2) is 5.91 Å². The molecule has 0 aliphatic carbocycles. The van der Waals surface area contributed by atoms with Crippen LogP contribution in [0.4, 0.5) is 5.69 Å².